The number of rotatable bonds is 5. The van der Waals surface area contributed by atoms with Gasteiger partial charge in [-0.05, 0) is 74.2 Å². The molecular formula is C38H36BrN3O7. The molecule has 11 heteroatoms. The number of morpholine rings is 1. The smallest absolute Gasteiger partial charge is 0.241 e. The van der Waals surface area contributed by atoms with Crippen LogP contribution in [0.15, 0.2) is 82.9 Å². The summed E-state index contributed by atoms with van der Waals surface area (Å²) in [6.07, 6.45) is 2.50. The molecule has 0 bridgehead atoms. The van der Waals surface area contributed by atoms with E-state index in [1.807, 2.05) is 36.4 Å². The second-order valence-corrected chi connectivity index (χ2v) is 14.6. The summed E-state index contributed by atoms with van der Waals surface area (Å²) in [5, 5.41) is 11.6. The van der Waals surface area contributed by atoms with Gasteiger partial charge in [0.25, 0.3) is 0 Å². The maximum atomic E-state index is 14.6. The SMILES string of the molecule is COc1cc(Br)cc(C2C3=CCC4C(=O)N(c5ccc(N6CCOCC6)cc5)C(=O)C4C3CC3C(=O)N(c4ccccc4)C(=O)C32C)c1O. The van der Waals surface area contributed by atoms with E-state index in [1.165, 1.54) is 16.9 Å². The topological polar surface area (TPSA) is 117 Å². The van der Waals surface area contributed by atoms with Gasteiger partial charge in [-0.1, -0.05) is 45.8 Å². The van der Waals surface area contributed by atoms with Crippen molar-refractivity contribution in [3.63, 3.8) is 0 Å². The zero-order valence-electron chi connectivity index (χ0n) is 27.2. The van der Waals surface area contributed by atoms with Crippen molar-refractivity contribution in [3.8, 4) is 11.5 Å². The average molecular weight is 727 g/mol. The van der Waals surface area contributed by atoms with E-state index in [-0.39, 0.29) is 41.5 Å². The first-order chi connectivity index (χ1) is 23.6. The number of allylic oxidation sites excluding steroid dienone is 2. The molecule has 1 N–H and O–H groups in total. The lowest BCUT2D eigenvalue weighted by atomic mass is 9.51. The molecule has 10 nitrogen and oxygen atoms in total. The van der Waals surface area contributed by atoms with Gasteiger partial charge in [-0.15, -0.1) is 0 Å². The molecule has 6 atom stereocenters. The fourth-order valence-corrected chi connectivity index (χ4v) is 9.50. The Hall–Kier alpha value is -4.48. The van der Waals surface area contributed by atoms with Crippen LogP contribution in [0.5, 0.6) is 11.5 Å². The quantitative estimate of drug-likeness (QED) is 0.273. The third-order valence-electron chi connectivity index (χ3n) is 11.4. The number of phenolic OH excluding ortho intramolecular Hbond substituents is 1. The standard InChI is InChI=1S/C38H36BrN3O7/c1-38-29(35(45)42(37(38)47)23-6-4-3-5-7-23)20-27-25(32(38)28-18-21(39)19-30(48-2)33(28)43)12-13-26-31(27)36(46)41(34(26)44)24-10-8-22(9-11-24)40-14-16-49-17-15-40/h3-12,18-19,26-27,29,31-32,43H,13-17,20H2,1-2H3. The predicted octanol–water partition coefficient (Wildman–Crippen LogP) is 5.44. The summed E-state index contributed by atoms with van der Waals surface area (Å²) in [6.45, 7) is 4.63. The molecule has 1 saturated carbocycles. The van der Waals surface area contributed by atoms with Crippen LogP contribution in [0.25, 0.3) is 0 Å². The van der Waals surface area contributed by atoms with Gasteiger partial charge in [-0.2, -0.15) is 0 Å². The monoisotopic (exact) mass is 725 g/mol. The van der Waals surface area contributed by atoms with Gasteiger partial charge >= 0.3 is 0 Å². The molecule has 0 aromatic heterocycles. The van der Waals surface area contributed by atoms with Crippen LogP contribution in [0.2, 0.25) is 0 Å². The number of carbonyl (C=O) groups is 4. The van der Waals surface area contributed by atoms with Gasteiger partial charge in [0.1, 0.15) is 0 Å². The summed E-state index contributed by atoms with van der Waals surface area (Å²) in [4.78, 5) is 62.3. The highest BCUT2D eigenvalue weighted by atomic mass is 79.9. The Kier molecular flexibility index (Phi) is 7.68. The number of hydrogen-bond donors (Lipinski definition) is 1. The molecule has 3 heterocycles. The molecule has 0 spiro atoms. The van der Waals surface area contributed by atoms with Crippen molar-refractivity contribution in [2.45, 2.75) is 25.7 Å². The van der Waals surface area contributed by atoms with E-state index in [2.05, 4.69) is 20.8 Å². The van der Waals surface area contributed by atoms with Crippen molar-refractivity contribution in [1.29, 1.82) is 0 Å². The number of anilines is 3. The Morgan fingerprint density at radius 3 is 2.22 bits per heavy atom. The lowest BCUT2D eigenvalue weighted by molar-refractivity contribution is -0.131. The highest BCUT2D eigenvalue weighted by Crippen LogP contribution is 2.65. The molecule has 5 aliphatic rings. The molecule has 2 aliphatic carbocycles. The number of benzene rings is 3. The largest absolute Gasteiger partial charge is 0.504 e. The number of halogens is 1. The number of imide groups is 2. The minimum Gasteiger partial charge on any atom is -0.504 e. The van der Waals surface area contributed by atoms with Crippen molar-refractivity contribution >= 4 is 56.6 Å². The molecule has 3 aromatic rings. The Morgan fingerprint density at radius 2 is 1.53 bits per heavy atom. The molecule has 49 heavy (non-hydrogen) atoms. The highest BCUT2D eigenvalue weighted by molar-refractivity contribution is 9.10. The number of carbonyl (C=O) groups excluding carboxylic acids is 4. The summed E-state index contributed by atoms with van der Waals surface area (Å²) >= 11 is 3.55. The van der Waals surface area contributed by atoms with Crippen LogP contribution in [0.3, 0.4) is 0 Å². The third-order valence-corrected chi connectivity index (χ3v) is 11.8. The molecular weight excluding hydrogens is 690 g/mol. The van der Waals surface area contributed by atoms with Gasteiger partial charge in [0.2, 0.25) is 23.6 Å². The maximum absolute atomic E-state index is 14.6. The zero-order valence-corrected chi connectivity index (χ0v) is 28.8. The van der Waals surface area contributed by atoms with Crippen molar-refractivity contribution in [1.82, 2.24) is 0 Å². The molecule has 3 saturated heterocycles. The van der Waals surface area contributed by atoms with Gasteiger partial charge in [-0.25, -0.2) is 4.90 Å². The number of nitrogens with zero attached hydrogens (tertiary/aromatic N) is 3. The molecule has 4 amide bonds. The van der Waals surface area contributed by atoms with Crippen LogP contribution >= 0.6 is 15.9 Å². The van der Waals surface area contributed by atoms with Gasteiger partial charge in [-0.3, -0.25) is 24.1 Å². The molecule has 6 unspecified atom stereocenters. The highest BCUT2D eigenvalue weighted by Gasteiger charge is 2.68. The zero-order chi connectivity index (χ0) is 34.2. The minimum absolute atomic E-state index is 0.131. The van der Waals surface area contributed by atoms with Gasteiger partial charge in [0.15, 0.2) is 11.5 Å². The maximum Gasteiger partial charge on any atom is 0.241 e. The Bertz CT molecular complexity index is 1910. The summed E-state index contributed by atoms with van der Waals surface area (Å²) in [6, 6.07) is 19.7. The summed E-state index contributed by atoms with van der Waals surface area (Å²) in [5.74, 6) is -4.60. The number of ether oxygens (including phenoxy) is 2. The first-order valence-electron chi connectivity index (χ1n) is 16.7. The van der Waals surface area contributed by atoms with Crippen molar-refractivity contribution in [2.24, 2.45) is 29.1 Å². The number of fused-ring (bicyclic) bond motifs is 4. The van der Waals surface area contributed by atoms with Crippen LogP contribution < -0.4 is 19.4 Å². The van der Waals surface area contributed by atoms with E-state index in [0.29, 0.717) is 41.0 Å². The van der Waals surface area contributed by atoms with E-state index in [9.17, 15) is 24.3 Å². The third kappa shape index (κ3) is 4.69. The van der Waals surface area contributed by atoms with Crippen LogP contribution in [0.4, 0.5) is 17.1 Å². The molecule has 4 fully saturated rings. The predicted molar refractivity (Wildman–Crippen MR) is 185 cm³/mol. The second kappa shape index (κ2) is 11.8. The van der Waals surface area contributed by atoms with Gasteiger partial charge in [0.05, 0.1) is 54.9 Å². The Labute approximate surface area is 292 Å². The van der Waals surface area contributed by atoms with E-state index in [4.69, 9.17) is 9.47 Å². The molecule has 0 radical (unpaired) electrons. The number of hydrogen-bond acceptors (Lipinski definition) is 8. The number of phenols is 1. The van der Waals surface area contributed by atoms with E-state index < -0.39 is 35.0 Å². The molecule has 8 rings (SSSR count). The summed E-state index contributed by atoms with van der Waals surface area (Å²) in [7, 11) is 1.45. The molecule has 3 aromatic carbocycles. The first kappa shape index (κ1) is 31.8. The fourth-order valence-electron chi connectivity index (χ4n) is 9.04. The first-order valence-corrected chi connectivity index (χ1v) is 17.4. The average Bonchev–Trinajstić information content (AvgIpc) is 3.49. The number of amides is 4. The van der Waals surface area contributed by atoms with E-state index in [0.717, 1.165) is 24.4 Å². The fraction of sp³-hybridized carbons (Fsp3) is 0.368. The van der Waals surface area contributed by atoms with Crippen LogP contribution in [-0.4, -0.2) is 62.1 Å². The summed E-state index contributed by atoms with van der Waals surface area (Å²) in [5.41, 5.74) is 1.91. The van der Waals surface area contributed by atoms with Gasteiger partial charge in [0, 0.05) is 34.7 Å². The minimum atomic E-state index is -1.29. The van der Waals surface area contributed by atoms with Gasteiger partial charge < -0.3 is 19.5 Å². The van der Waals surface area contributed by atoms with E-state index in [1.54, 1.807) is 43.3 Å². The van der Waals surface area contributed by atoms with Crippen molar-refractivity contribution in [3.05, 3.63) is 88.4 Å². The van der Waals surface area contributed by atoms with E-state index >= 15 is 0 Å². The van der Waals surface area contributed by atoms with Crippen molar-refractivity contribution in [2.75, 3.05) is 48.1 Å². The van der Waals surface area contributed by atoms with Crippen LogP contribution in [-0.2, 0) is 23.9 Å². The molecule has 252 valence electrons. The Morgan fingerprint density at radius 1 is 0.857 bits per heavy atom. The van der Waals surface area contributed by atoms with Crippen LogP contribution in [0.1, 0.15) is 31.2 Å². The lowest BCUT2D eigenvalue weighted by Gasteiger charge is -2.49. The summed E-state index contributed by atoms with van der Waals surface area (Å²) < 4.78 is 11.6. The van der Waals surface area contributed by atoms with Crippen molar-refractivity contribution < 1.29 is 33.8 Å². The second-order valence-electron chi connectivity index (χ2n) is 13.7. The number of aromatic hydroxyl groups is 1. The number of para-hydroxylation sites is 1. The lowest BCUT2D eigenvalue weighted by Crippen LogP contribution is -2.49. The molecule has 3 aliphatic heterocycles. The normalized spacial score (nSPS) is 29.5. The van der Waals surface area contributed by atoms with Crippen LogP contribution in [0, 0.1) is 29.1 Å². The Balaban J connectivity index is 1.21. The number of methoxy groups -OCH3 is 1.